The molecule has 6 nitrogen and oxygen atoms in total. The summed E-state index contributed by atoms with van der Waals surface area (Å²) in [6.07, 6.45) is 3.44. The maximum atomic E-state index is 11.8. The van der Waals surface area contributed by atoms with Crippen molar-refractivity contribution in [2.75, 3.05) is 20.1 Å². The normalized spacial score (nSPS) is 20.2. The Morgan fingerprint density at radius 2 is 2.16 bits per heavy atom. The van der Waals surface area contributed by atoms with E-state index in [1.807, 2.05) is 7.05 Å². The summed E-state index contributed by atoms with van der Waals surface area (Å²) in [6, 6.07) is 3.00. The Morgan fingerprint density at radius 3 is 2.79 bits per heavy atom. The number of rotatable bonds is 4. The fourth-order valence-electron chi connectivity index (χ4n) is 2.27. The molecule has 0 radical (unpaired) electrons. The third-order valence-corrected chi connectivity index (χ3v) is 3.46. The molecule has 19 heavy (non-hydrogen) atoms. The minimum absolute atomic E-state index is 0.0378. The van der Waals surface area contributed by atoms with Crippen LogP contribution in [0.15, 0.2) is 16.5 Å². The van der Waals surface area contributed by atoms with Crippen molar-refractivity contribution in [2.45, 2.75) is 25.3 Å². The van der Waals surface area contributed by atoms with Crippen molar-refractivity contribution in [1.82, 2.24) is 10.2 Å². The van der Waals surface area contributed by atoms with Crippen molar-refractivity contribution in [3.8, 4) is 0 Å². The van der Waals surface area contributed by atoms with Gasteiger partial charge in [0, 0.05) is 12.6 Å². The summed E-state index contributed by atoms with van der Waals surface area (Å²) in [5.74, 6) is -1.73. The molecule has 1 aliphatic rings. The fraction of sp³-hybridized carbons (Fsp3) is 0.538. The first kappa shape index (κ1) is 13.6. The molecule has 104 valence electrons. The lowest BCUT2D eigenvalue weighted by Crippen LogP contribution is -2.44. The van der Waals surface area contributed by atoms with E-state index < -0.39 is 5.97 Å². The third kappa shape index (κ3) is 3.35. The van der Waals surface area contributed by atoms with E-state index in [1.54, 1.807) is 0 Å². The van der Waals surface area contributed by atoms with Crippen LogP contribution in [0.2, 0.25) is 0 Å². The SMILES string of the molecule is CN1CCCCC1CNC(=O)c1ccc(C(=O)O)o1. The minimum Gasteiger partial charge on any atom is -0.475 e. The number of nitrogens with one attached hydrogen (secondary N) is 1. The number of aromatic carboxylic acids is 1. The van der Waals surface area contributed by atoms with Gasteiger partial charge < -0.3 is 19.7 Å². The number of carboxylic acid groups (broad SMARTS) is 1. The van der Waals surface area contributed by atoms with Gasteiger partial charge >= 0.3 is 5.97 Å². The Labute approximate surface area is 111 Å². The Morgan fingerprint density at radius 1 is 1.42 bits per heavy atom. The quantitative estimate of drug-likeness (QED) is 0.855. The number of likely N-dealkylation sites (tertiary alicyclic amines) is 1. The lowest BCUT2D eigenvalue weighted by molar-refractivity contribution is 0.0659. The van der Waals surface area contributed by atoms with Gasteiger partial charge in [0.05, 0.1) is 0 Å². The van der Waals surface area contributed by atoms with Crippen molar-refractivity contribution in [2.24, 2.45) is 0 Å². The van der Waals surface area contributed by atoms with Gasteiger partial charge in [-0.05, 0) is 38.6 Å². The van der Waals surface area contributed by atoms with Gasteiger partial charge in [0.1, 0.15) is 0 Å². The van der Waals surface area contributed by atoms with E-state index in [-0.39, 0.29) is 17.4 Å². The van der Waals surface area contributed by atoms with Crippen molar-refractivity contribution >= 4 is 11.9 Å². The van der Waals surface area contributed by atoms with Gasteiger partial charge in [-0.1, -0.05) is 6.42 Å². The molecule has 0 aliphatic carbocycles. The molecule has 1 saturated heterocycles. The van der Waals surface area contributed by atoms with E-state index in [0.29, 0.717) is 12.6 Å². The van der Waals surface area contributed by atoms with Crippen LogP contribution in [0.25, 0.3) is 0 Å². The first-order valence-electron chi connectivity index (χ1n) is 6.39. The van der Waals surface area contributed by atoms with Crippen LogP contribution in [-0.4, -0.2) is 48.1 Å². The average molecular weight is 266 g/mol. The highest BCUT2D eigenvalue weighted by Crippen LogP contribution is 2.14. The van der Waals surface area contributed by atoms with Gasteiger partial charge in [0.2, 0.25) is 5.76 Å². The molecule has 1 aromatic heterocycles. The number of likely N-dealkylation sites (N-methyl/N-ethyl adjacent to an activating group) is 1. The summed E-state index contributed by atoms with van der Waals surface area (Å²) < 4.78 is 4.95. The van der Waals surface area contributed by atoms with Crippen LogP contribution in [0.5, 0.6) is 0 Å². The number of hydrogen-bond acceptors (Lipinski definition) is 4. The van der Waals surface area contributed by atoms with E-state index in [1.165, 1.54) is 25.0 Å². The zero-order chi connectivity index (χ0) is 13.8. The van der Waals surface area contributed by atoms with E-state index in [2.05, 4.69) is 10.2 Å². The van der Waals surface area contributed by atoms with Crippen LogP contribution in [-0.2, 0) is 0 Å². The van der Waals surface area contributed by atoms with Gasteiger partial charge in [-0.25, -0.2) is 4.79 Å². The average Bonchev–Trinajstić information content (AvgIpc) is 2.87. The Balaban J connectivity index is 1.88. The molecule has 0 saturated carbocycles. The number of furan rings is 1. The topological polar surface area (TPSA) is 82.8 Å². The van der Waals surface area contributed by atoms with Crippen LogP contribution >= 0.6 is 0 Å². The van der Waals surface area contributed by atoms with E-state index in [0.717, 1.165) is 13.0 Å². The van der Waals surface area contributed by atoms with Crippen molar-refractivity contribution < 1.29 is 19.1 Å². The van der Waals surface area contributed by atoms with Crippen LogP contribution in [0.3, 0.4) is 0 Å². The lowest BCUT2D eigenvalue weighted by atomic mass is 10.0. The highest BCUT2D eigenvalue weighted by Gasteiger charge is 2.21. The number of hydrogen-bond donors (Lipinski definition) is 2. The van der Waals surface area contributed by atoms with E-state index in [4.69, 9.17) is 9.52 Å². The maximum absolute atomic E-state index is 11.8. The lowest BCUT2D eigenvalue weighted by Gasteiger charge is -2.32. The zero-order valence-electron chi connectivity index (χ0n) is 10.9. The predicted molar refractivity (Wildman–Crippen MR) is 68.3 cm³/mol. The summed E-state index contributed by atoms with van der Waals surface area (Å²) >= 11 is 0. The smallest absolute Gasteiger partial charge is 0.371 e. The van der Waals surface area contributed by atoms with Gasteiger partial charge in [-0.2, -0.15) is 0 Å². The van der Waals surface area contributed by atoms with E-state index >= 15 is 0 Å². The van der Waals surface area contributed by atoms with Gasteiger partial charge in [0.15, 0.2) is 5.76 Å². The molecule has 2 N–H and O–H groups in total. The second-order valence-electron chi connectivity index (χ2n) is 4.81. The van der Waals surface area contributed by atoms with Gasteiger partial charge in [-0.3, -0.25) is 4.79 Å². The largest absolute Gasteiger partial charge is 0.475 e. The Kier molecular flexibility index (Phi) is 4.21. The second-order valence-corrected chi connectivity index (χ2v) is 4.81. The summed E-state index contributed by atoms with van der Waals surface area (Å²) in [6.45, 7) is 1.60. The maximum Gasteiger partial charge on any atom is 0.371 e. The molecule has 0 bridgehead atoms. The third-order valence-electron chi connectivity index (χ3n) is 3.46. The highest BCUT2D eigenvalue weighted by molar-refractivity contribution is 5.93. The molecule has 2 rings (SSSR count). The molecule has 1 aromatic rings. The fourth-order valence-corrected chi connectivity index (χ4v) is 2.27. The molecular weight excluding hydrogens is 248 g/mol. The number of amides is 1. The molecule has 2 heterocycles. The number of nitrogens with zero attached hydrogens (tertiary/aromatic N) is 1. The Bertz CT molecular complexity index is 469. The Hall–Kier alpha value is -1.82. The molecule has 1 unspecified atom stereocenters. The molecule has 1 fully saturated rings. The highest BCUT2D eigenvalue weighted by atomic mass is 16.4. The number of piperidine rings is 1. The standard InChI is InChI=1S/C13H18N2O4/c1-15-7-3-2-4-9(15)8-14-12(16)10-5-6-11(19-10)13(17)18/h5-6,9H,2-4,7-8H2,1H3,(H,14,16)(H,17,18). The van der Waals surface area contributed by atoms with Crippen LogP contribution in [0, 0.1) is 0 Å². The molecule has 6 heteroatoms. The van der Waals surface area contributed by atoms with Crippen LogP contribution in [0.4, 0.5) is 0 Å². The van der Waals surface area contributed by atoms with Crippen molar-refractivity contribution in [3.05, 3.63) is 23.7 Å². The van der Waals surface area contributed by atoms with Gasteiger partial charge in [-0.15, -0.1) is 0 Å². The zero-order valence-corrected chi connectivity index (χ0v) is 10.9. The molecule has 0 aromatic carbocycles. The van der Waals surface area contributed by atoms with E-state index in [9.17, 15) is 9.59 Å². The number of carboxylic acids is 1. The summed E-state index contributed by atoms with van der Waals surface area (Å²) in [5, 5.41) is 11.5. The van der Waals surface area contributed by atoms with Crippen LogP contribution in [0.1, 0.15) is 40.4 Å². The summed E-state index contributed by atoms with van der Waals surface area (Å²) in [7, 11) is 2.05. The summed E-state index contributed by atoms with van der Waals surface area (Å²) in [4.78, 5) is 24.7. The monoisotopic (exact) mass is 266 g/mol. The van der Waals surface area contributed by atoms with Crippen molar-refractivity contribution in [1.29, 1.82) is 0 Å². The minimum atomic E-state index is -1.17. The predicted octanol–water partition coefficient (Wildman–Crippen LogP) is 1.19. The second kappa shape index (κ2) is 5.88. The summed E-state index contributed by atoms with van der Waals surface area (Å²) in [5.41, 5.74) is 0. The molecule has 0 spiro atoms. The number of carbonyl (C=O) groups is 2. The molecule has 1 atom stereocenters. The molecule has 1 aliphatic heterocycles. The van der Waals surface area contributed by atoms with Crippen LogP contribution < -0.4 is 5.32 Å². The first-order chi connectivity index (χ1) is 9.08. The van der Waals surface area contributed by atoms with Crippen molar-refractivity contribution in [3.63, 3.8) is 0 Å². The first-order valence-corrected chi connectivity index (χ1v) is 6.39. The van der Waals surface area contributed by atoms with Gasteiger partial charge in [0.25, 0.3) is 5.91 Å². The number of carbonyl (C=O) groups excluding carboxylic acids is 1. The molecule has 1 amide bonds. The molecular formula is C13H18N2O4.